The zero-order chi connectivity index (χ0) is 13.5. The van der Waals surface area contributed by atoms with E-state index in [0.717, 1.165) is 5.52 Å². The summed E-state index contributed by atoms with van der Waals surface area (Å²) in [6.45, 7) is 0. The van der Waals surface area contributed by atoms with Crippen LogP contribution >= 0.6 is 0 Å². The van der Waals surface area contributed by atoms with Crippen molar-refractivity contribution in [2.45, 2.75) is 11.2 Å². The molecule has 3 nitrogen and oxygen atoms in total. The number of aromatic hydroxyl groups is 1. The van der Waals surface area contributed by atoms with E-state index < -0.39 is 11.2 Å². The normalized spacial score (nSPS) is 14.2. The lowest BCUT2D eigenvalue weighted by molar-refractivity contribution is 0.351. The van der Waals surface area contributed by atoms with Gasteiger partial charge in [0.2, 0.25) is 0 Å². The summed E-state index contributed by atoms with van der Waals surface area (Å²) in [4.78, 5) is 4.77. The molecule has 0 bridgehead atoms. The van der Waals surface area contributed by atoms with Gasteiger partial charge in [-0.2, -0.15) is 0 Å². The molecule has 0 aliphatic carbocycles. The molecular weight excluding hydrogens is 221 g/mol. The Morgan fingerprint density at radius 1 is 1.33 bits per heavy atom. The minimum atomic E-state index is -1.26. The third-order valence-corrected chi connectivity index (χ3v) is 3.20. The Morgan fingerprint density at radius 3 is 2.61 bits per heavy atom. The highest BCUT2D eigenvalue weighted by molar-refractivity contribution is 6.45. The molecule has 0 fully saturated rings. The van der Waals surface area contributed by atoms with Crippen LogP contribution < -0.4 is 0 Å². The molecule has 6 radical (unpaired) electrons. The zero-order valence-corrected chi connectivity index (χ0v) is 10.5. The van der Waals surface area contributed by atoms with Gasteiger partial charge in [0.05, 0.1) is 23.5 Å². The van der Waals surface area contributed by atoms with Gasteiger partial charge in [0.25, 0.3) is 0 Å². The van der Waals surface area contributed by atoms with Crippen molar-refractivity contribution in [1.29, 1.82) is 0 Å². The van der Waals surface area contributed by atoms with Gasteiger partial charge in [-0.25, -0.2) is 0 Å². The van der Waals surface area contributed by atoms with Crippen LogP contribution in [0, 0.1) is 0 Å². The van der Waals surface area contributed by atoms with Crippen LogP contribution in [0.2, 0.25) is 0 Å². The van der Waals surface area contributed by atoms with Gasteiger partial charge in [-0.05, 0) is 37.7 Å². The predicted octanol–water partition coefficient (Wildman–Crippen LogP) is 0.419. The summed E-state index contributed by atoms with van der Waals surface area (Å²) in [5, 5.41) is 9.29. The Labute approximate surface area is 111 Å². The molecule has 2 rings (SSSR count). The zero-order valence-electron chi connectivity index (χ0n) is 10.5. The number of nitrogens with one attached hydrogen (secondary N) is 1. The second-order valence-electron chi connectivity index (χ2n) is 4.74. The highest BCUT2D eigenvalue weighted by Crippen LogP contribution is 2.34. The molecule has 6 heteroatoms. The third kappa shape index (κ3) is 1.95. The Hall–Kier alpha value is -1.29. The van der Waals surface area contributed by atoms with Crippen LogP contribution in [0.1, 0.15) is 5.56 Å². The summed E-state index contributed by atoms with van der Waals surface area (Å²) in [6, 6.07) is 5.19. The smallest absolute Gasteiger partial charge is 0.125 e. The number of hydrogen-bond donors (Lipinski definition) is 2. The number of rotatable bonds is 3. The van der Waals surface area contributed by atoms with Gasteiger partial charge in [0.1, 0.15) is 5.75 Å². The van der Waals surface area contributed by atoms with Crippen LogP contribution in [-0.2, 0) is 5.21 Å². The number of aromatic nitrogens is 1. The van der Waals surface area contributed by atoms with Crippen LogP contribution in [0.25, 0.3) is 10.9 Å². The Kier molecular flexibility index (Phi) is 3.24. The lowest BCUT2D eigenvalue weighted by Crippen LogP contribution is -2.49. The fourth-order valence-corrected chi connectivity index (χ4v) is 2.09. The first-order valence-corrected chi connectivity index (χ1v) is 5.65. The molecule has 1 atom stereocenters. The van der Waals surface area contributed by atoms with Crippen LogP contribution in [0.15, 0.2) is 24.4 Å². The molecule has 0 saturated heterocycles. The van der Waals surface area contributed by atoms with Crippen molar-refractivity contribution in [2.24, 2.45) is 0 Å². The van der Waals surface area contributed by atoms with E-state index in [1.165, 1.54) is 0 Å². The highest BCUT2D eigenvalue weighted by atomic mass is 16.3. The first-order valence-electron chi connectivity index (χ1n) is 5.65. The number of phenols is 1. The number of nitrogens with zero attached hydrogens (tertiary/aromatic N) is 1. The lowest BCUT2D eigenvalue weighted by Gasteiger charge is -2.38. The van der Waals surface area contributed by atoms with E-state index in [1.807, 2.05) is 6.07 Å². The average Bonchev–Trinajstić information content (AvgIpc) is 2.73. The van der Waals surface area contributed by atoms with Gasteiger partial charge >= 0.3 is 0 Å². The van der Waals surface area contributed by atoms with Gasteiger partial charge in [0, 0.05) is 17.1 Å². The van der Waals surface area contributed by atoms with E-state index in [9.17, 15) is 5.11 Å². The number of aromatic amines is 1. The molecule has 2 aromatic rings. The SMILES string of the molecule is [B]C(N(C)C)C([B])([B])c1c[nH]c2cccc(O)c12. The molecular formula is C12H13B3N2O. The van der Waals surface area contributed by atoms with Gasteiger partial charge in [-0.1, -0.05) is 11.3 Å². The van der Waals surface area contributed by atoms with Crippen molar-refractivity contribution in [1.82, 2.24) is 9.88 Å². The largest absolute Gasteiger partial charge is 0.507 e. The molecule has 2 N–H and O–H groups in total. The van der Waals surface area contributed by atoms with Crippen molar-refractivity contribution in [3.63, 3.8) is 0 Å². The minimum Gasteiger partial charge on any atom is -0.507 e. The summed E-state index contributed by atoms with van der Waals surface area (Å²) in [7, 11) is 21.9. The van der Waals surface area contributed by atoms with Crippen LogP contribution in [0.3, 0.4) is 0 Å². The summed E-state index contributed by atoms with van der Waals surface area (Å²) in [5.74, 6) is -0.439. The fourth-order valence-electron chi connectivity index (χ4n) is 2.09. The molecule has 1 heterocycles. The van der Waals surface area contributed by atoms with Crippen molar-refractivity contribution < 1.29 is 5.11 Å². The fraction of sp³-hybridized carbons (Fsp3) is 0.333. The molecule has 1 aromatic carbocycles. The maximum Gasteiger partial charge on any atom is 0.125 e. The van der Waals surface area contributed by atoms with Crippen LogP contribution in [-0.4, -0.2) is 58.6 Å². The second kappa shape index (κ2) is 4.43. The first-order chi connectivity index (χ1) is 8.35. The standard InChI is InChI=1S/C12H13B3N2O/c1-17(2)11(13)12(14,15)7-6-16-8-4-3-5-9(18)10(7)8/h3-6,11,16,18H,1-2H3. The van der Waals surface area contributed by atoms with Gasteiger partial charge in [0.15, 0.2) is 0 Å². The molecule has 18 heavy (non-hydrogen) atoms. The Balaban J connectivity index is 2.61. The maximum absolute atomic E-state index is 9.94. The molecule has 0 amide bonds. The molecule has 0 saturated carbocycles. The van der Waals surface area contributed by atoms with E-state index in [-0.39, 0.29) is 5.75 Å². The Morgan fingerprint density at radius 2 is 2.00 bits per heavy atom. The number of likely N-dealkylation sites (N-methyl/N-ethyl adjacent to an activating group) is 1. The van der Waals surface area contributed by atoms with Gasteiger partial charge in [-0.3, -0.25) is 0 Å². The van der Waals surface area contributed by atoms with Crippen molar-refractivity contribution in [2.75, 3.05) is 14.1 Å². The van der Waals surface area contributed by atoms with Gasteiger partial charge < -0.3 is 15.0 Å². The lowest BCUT2D eigenvalue weighted by atomic mass is 9.43. The predicted molar refractivity (Wildman–Crippen MR) is 76.4 cm³/mol. The molecule has 1 unspecified atom stereocenters. The number of fused-ring (bicyclic) bond motifs is 1. The number of benzene rings is 1. The van der Waals surface area contributed by atoms with E-state index in [2.05, 4.69) is 4.98 Å². The third-order valence-electron chi connectivity index (χ3n) is 3.20. The minimum absolute atomic E-state index is 0.134. The molecule has 0 aliphatic rings. The quantitative estimate of drug-likeness (QED) is 0.755. The average molecular weight is 234 g/mol. The maximum atomic E-state index is 9.94. The summed E-state index contributed by atoms with van der Waals surface area (Å²) in [6.07, 6.45) is 1.69. The van der Waals surface area contributed by atoms with E-state index in [0.29, 0.717) is 10.9 Å². The van der Waals surface area contributed by atoms with E-state index in [4.69, 9.17) is 23.5 Å². The molecule has 86 valence electrons. The number of phenolic OH excluding ortho intramolecular Hbond substituents is 1. The van der Waals surface area contributed by atoms with Crippen molar-refractivity contribution in [3.8, 4) is 5.75 Å². The van der Waals surface area contributed by atoms with Crippen LogP contribution in [0.4, 0.5) is 0 Å². The van der Waals surface area contributed by atoms with E-state index in [1.54, 1.807) is 37.3 Å². The van der Waals surface area contributed by atoms with Crippen LogP contribution in [0.5, 0.6) is 5.75 Å². The monoisotopic (exact) mass is 234 g/mol. The Bertz CT molecular complexity index is 565. The van der Waals surface area contributed by atoms with Crippen molar-refractivity contribution >= 4 is 34.4 Å². The van der Waals surface area contributed by atoms with Gasteiger partial charge in [-0.15, -0.1) is 0 Å². The second-order valence-corrected chi connectivity index (χ2v) is 4.74. The summed E-state index contributed by atoms with van der Waals surface area (Å²) >= 11 is 0. The molecule has 0 spiro atoms. The topological polar surface area (TPSA) is 39.3 Å². The van der Waals surface area contributed by atoms with Crippen molar-refractivity contribution in [3.05, 3.63) is 30.0 Å². The summed E-state index contributed by atoms with van der Waals surface area (Å²) in [5.41, 5.74) is 1.37. The number of H-pyrrole nitrogens is 1. The molecule has 0 aliphatic heterocycles. The molecule has 1 aromatic heterocycles. The van der Waals surface area contributed by atoms with E-state index >= 15 is 0 Å². The summed E-state index contributed by atoms with van der Waals surface area (Å²) < 4.78 is 0. The highest BCUT2D eigenvalue weighted by Gasteiger charge is 2.30. The first kappa shape index (κ1) is 13.2. The number of hydrogen-bond acceptors (Lipinski definition) is 2.